The summed E-state index contributed by atoms with van der Waals surface area (Å²) in [5.74, 6) is 0.657. The van der Waals surface area contributed by atoms with Gasteiger partial charge >= 0.3 is 5.97 Å². The maximum atomic E-state index is 10.8. The van der Waals surface area contributed by atoms with Crippen molar-refractivity contribution in [3.63, 3.8) is 0 Å². The average molecular weight is 316 g/mol. The predicted molar refractivity (Wildman–Crippen MR) is 87.7 cm³/mol. The van der Waals surface area contributed by atoms with Crippen LogP contribution in [0, 0.1) is 11.3 Å². The van der Waals surface area contributed by atoms with Crippen molar-refractivity contribution in [2.45, 2.75) is 44.9 Å². The predicted octanol–water partition coefficient (Wildman–Crippen LogP) is 3.15. The monoisotopic (exact) mass is 316 g/mol. The number of nitrogens with zero attached hydrogens (tertiary/aromatic N) is 2. The summed E-state index contributed by atoms with van der Waals surface area (Å²) < 4.78 is 0. The number of carbonyl (C=O) groups excluding carboxylic acids is 1. The molecule has 0 atom stereocenters. The van der Waals surface area contributed by atoms with Gasteiger partial charge in [-0.2, -0.15) is 0 Å². The van der Waals surface area contributed by atoms with E-state index >= 15 is 0 Å². The van der Waals surface area contributed by atoms with Crippen molar-refractivity contribution in [3.05, 3.63) is 23.9 Å². The summed E-state index contributed by atoms with van der Waals surface area (Å²) >= 11 is 0. The molecule has 0 amide bonds. The molecule has 1 aliphatic heterocycles. The van der Waals surface area contributed by atoms with Crippen molar-refractivity contribution in [1.82, 2.24) is 4.98 Å². The maximum absolute atomic E-state index is 10.8. The molecule has 1 aromatic rings. The van der Waals surface area contributed by atoms with Crippen molar-refractivity contribution in [3.8, 4) is 0 Å². The number of pyridine rings is 1. The van der Waals surface area contributed by atoms with Crippen LogP contribution in [0.4, 0.5) is 5.82 Å². The molecule has 23 heavy (non-hydrogen) atoms. The molecule has 0 bridgehead atoms. The van der Waals surface area contributed by atoms with E-state index in [1.165, 1.54) is 0 Å². The van der Waals surface area contributed by atoms with Gasteiger partial charge in [0.05, 0.1) is 0 Å². The Morgan fingerprint density at radius 3 is 2.48 bits per heavy atom. The van der Waals surface area contributed by atoms with Crippen molar-refractivity contribution >= 4 is 18.1 Å². The highest BCUT2D eigenvalue weighted by Gasteiger charge is 2.38. The van der Waals surface area contributed by atoms with Gasteiger partial charge in [-0.15, -0.1) is 0 Å². The number of hydrogen-bond acceptors (Lipinski definition) is 4. The van der Waals surface area contributed by atoms with E-state index in [-0.39, 0.29) is 0 Å². The average Bonchev–Trinajstić information content (AvgIpc) is 2.58. The molecule has 3 rings (SSSR count). The second-order valence-electron chi connectivity index (χ2n) is 7.10. The third-order valence-corrected chi connectivity index (χ3v) is 5.68. The molecule has 0 unspecified atom stereocenters. The molecule has 1 N–H and O–H groups in total. The third kappa shape index (κ3) is 3.71. The molecule has 124 valence electrons. The quantitative estimate of drug-likeness (QED) is 0.864. The molecule has 0 radical (unpaired) electrons. The van der Waals surface area contributed by atoms with Crippen LogP contribution in [0.1, 0.15) is 55.3 Å². The Balaban J connectivity index is 1.54. The van der Waals surface area contributed by atoms with Crippen LogP contribution >= 0.6 is 0 Å². The molecular formula is C18H24N2O3. The number of carboxylic acid groups (broad SMARTS) is 1. The Labute approximate surface area is 136 Å². The summed E-state index contributed by atoms with van der Waals surface area (Å²) in [7, 11) is 0. The second kappa shape index (κ2) is 6.69. The molecule has 1 saturated carbocycles. The van der Waals surface area contributed by atoms with E-state index in [2.05, 4.69) is 9.88 Å². The number of anilines is 1. The highest BCUT2D eigenvalue weighted by Crippen LogP contribution is 2.47. The second-order valence-corrected chi connectivity index (χ2v) is 7.10. The molecule has 2 heterocycles. The highest BCUT2D eigenvalue weighted by molar-refractivity contribution is 5.74. The van der Waals surface area contributed by atoms with Crippen LogP contribution in [0.5, 0.6) is 0 Å². The largest absolute Gasteiger partial charge is 0.481 e. The van der Waals surface area contributed by atoms with Crippen LogP contribution in [0.3, 0.4) is 0 Å². The first kappa shape index (κ1) is 16.0. The topological polar surface area (TPSA) is 70.5 Å². The zero-order valence-electron chi connectivity index (χ0n) is 13.4. The first-order valence-corrected chi connectivity index (χ1v) is 8.48. The molecule has 0 aromatic carbocycles. The van der Waals surface area contributed by atoms with Gasteiger partial charge in [-0.25, -0.2) is 4.98 Å². The minimum atomic E-state index is -0.661. The Bertz CT molecular complexity index is 552. The van der Waals surface area contributed by atoms with Crippen LogP contribution in [-0.2, 0) is 4.79 Å². The number of aliphatic carboxylic acids is 1. The first-order chi connectivity index (χ1) is 11.1. The SMILES string of the molecule is O=Cc1ccc(N2CCC3(CCC(CC(=O)O)CC3)CC2)nc1. The number of carbonyl (C=O) groups is 2. The molecule has 2 fully saturated rings. The lowest BCUT2D eigenvalue weighted by atomic mass is 9.65. The summed E-state index contributed by atoms with van der Waals surface area (Å²) in [6.45, 7) is 1.99. The van der Waals surface area contributed by atoms with E-state index in [1.807, 2.05) is 12.1 Å². The fraction of sp³-hybridized carbons (Fsp3) is 0.611. The van der Waals surface area contributed by atoms with Gasteiger partial charge in [-0.1, -0.05) is 0 Å². The minimum absolute atomic E-state index is 0.329. The van der Waals surface area contributed by atoms with Gasteiger partial charge in [0.1, 0.15) is 5.82 Å². The van der Waals surface area contributed by atoms with E-state index in [0.717, 1.165) is 63.7 Å². The summed E-state index contributed by atoms with van der Waals surface area (Å²) in [6, 6.07) is 3.74. The number of piperidine rings is 1. The van der Waals surface area contributed by atoms with Crippen LogP contribution in [0.15, 0.2) is 18.3 Å². The van der Waals surface area contributed by atoms with Gasteiger partial charge in [-0.3, -0.25) is 9.59 Å². The number of aldehydes is 1. The number of rotatable bonds is 4. The van der Waals surface area contributed by atoms with Crippen LogP contribution < -0.4 is 4.90 Å². The van der Waals surface area contributed by atoms with E-state index in [0.29, 0.717) is 23.3 Å². The number of carboxylic acids is 1. The Kier molecular flexibility index (Phi) is 4.64. The van der Waals surface area contributed by atoms with Crippen molar-refractivity contribution in [2.24, 2.45) is 11.3 Å². The van der Waals surface area contributed by atoms with E-state index in [9.17, 15) is 9.59 Å². The standard InChI is InChI=1S/C18H24N2O3/c21-13-15-1-2-16(19-12-15)20-9-7-18(8-10-20)5-3-14(4-6-18)11-17(22)23/h1-2,12-14H,3-11H2,(H,22,23). The Morgan fingerprint density at radius 1 is 1.26 bits per heavy atom. The molecule has 5 nitrogen and oxygen atoms in total. The molecule has 5 heteroatoms. The lowest BCUT2D eigenvalue weighted by Crippen LogP contribution is -2.42. The van der Waals surface area contributed by atoms with Gasteiger partial charge in [0.2, 0.25) is 0 Å². The van der Waals surface area contributed by atoms with E-state index in [4.69, 9.17) is 5.11 Å². The normalized spacial score (nSPS) is 21.3. The van der Waals surface area contributed by atoms with Gasteiger partial charge in [-0.05, 0) is 62.0 Å². The fourth-order valence-electron chi connectivity index (χ4n) is 4.11. The smallest absolute Gasteiger partial charge is 0.303 e. The molecular weight excluding hydrogens is 292 g/mol. The maximum Gasteiger partial charge on any atom is 0.303 e. The van der Waals surface area contributed by atoms with E-state index < -0.39 is 5.97 Å². The fourth-order valence-corrected chi connectivity index (χ4v) is 4.11. The molecule has 2 aliphatic rings. The van der Waals surface area contributed by atoms with Gasteiger partial charge < -0.3 is 10.0 Å². The lowest BCUT2D eigenvalue weighted by molar-refractivity contribution is -0.138. The van der Waals surface area contributed by atoms with Gasteiger partial charge in [0, 0.05) is 31.3 Å². The van der Waals surface area contributed by atoms with Crippen molar-refractivity contribution < 1.29 is 14.7 Å². The summed E-state index contributed by atoms with van der Waals surface area (Å²) in [6.07, 6.45) is 9.52. The van der Waals surface area contributed by atoms with Crippen molar-refractivity contribution in [2.75, 3.05) is 18.0 Å². The van der Waals surface area contributed by atoms with Gasteiger partial charge in [0.25, 0.3) is 0 Å². The first-order valence-electron chi connectivity index (χ1n) is 8.48. The summed E-state index contributed by atoms with van der Waals surface area (Å²) in [5.41, 5.74) is 1.02. The molecule has 1 aromatic heterocycles. The van der Waals surface area contributed by atoms with Crippen LogP contribution in [0.25, 0.3) is 0 Å². The highest BCUT2D eigenvalue weighted by atomic mass is 16.4. The zero-order valence-corrected chi connectivity index (χ0v) is 13.4. The zero-order chi connectivity index (χ0) is 16.3. The Morgan fingerprint density at radius 2 is 1.96 bits per heavy atom. The molecule has 1 aliphatic carbocycles. The summed E-state index contributed by atoms with van der Waals surface area (Å²) in [4.78, 5) is 28.2. The molecule has 1 saturated heterocycles. The van der Waals surface area contributed by atoms with Gasteiger partial charge in [0.15, 0.2) is 6.29 Å². The minimum Gasteiger partial charge on any atom is -0.481 e. The van der Waals surface area contributed by atoms with E-state index in [1.54, 1.807) is 6.20 Å². The molecule has 1 spiro atoms. The lowest BCUT2D eigenvalue weighted by Gasteiger charge is -2.46. The third-order valence-electron chi connectivity index (χ3n) is 5.68. The number of aromatic nitrogens is 1. The van der Waals surface area contributed by atoms with Crippen molar-refractivity contribution in [1.29, 1.82) is 0 Å². The summed E-state index contributed by atoms with van der Waals surface area (Å²) in [5, 5.41) is 8.93. The van der Waals surface area contributed by atoms with Crippen LogP contribution in [-0.4, -0.2) is 35.4 Å². The number of hydrogen-bond donors (Lipinski definition) is 1. The van der Waals surface area contributed by atoms with Crippen LogP contribution in [0.2, 0.25) is 0 Å². The Hall–Kier alpha value is -1.91.